The molecule has 0 fully saturated rings. The number of para-hydroxylation sites is 2. The van der Waals surface area contributed by atoms with E-state index in [1.165, 1.54) is 23.0 Å². The Bertz CT molecular complexity index is 1340. The first-order valence-electron chi connectivity index (χ1n) is 10.5. The number of nitrogens with one attached hydrogen (secondary N) is 1. The van der Waals surface area contributed by atoms with Crippen LogP contribution in [0.3, 0.4) is 0 Å². The Labute approximate surface area is 182 Å². The van der Waals surface area contributed by atoms with Crippen molar-refractivity contribution in [1.29, 1.82) is 0 Å². The van der Waals surface area contributed by atoms with Crippen LogP contribution in [0.4, 0.5) is 4.39 Å². The molecular formula is C23H21FN6O2. The lowest BCUT2D eigenvalue weighted by molar-refractivity contribution is 0.0927. The maximum absolute atomic E-state index is 13.1. The van der Waals surface area contributed by atoms with Crippen LogP contribution in [0.2, 0.25) is 0 Å². The summed E-state index contributed by atoms with van der Waals surface area (Å²) < 4.78 is 16.2. The van der Waals surface area contributed by atoms with Gasteiger partial charge in [0.25, 0.3) is 5.91 Å². The second-order valence-electron chi connectivity index (χ2n) is 7.88. The van der Waals surface area contributed by atoms with Crippen molar-refractivity contribution in [3.63, 3.8) is 0 Å². The van der Waals surface area contributed by atoms with Gasteiger partial charge in [-0.3, -0.25) is 14.3 Å². The minimum absolute atomic E-state index is 0.0950. The van der Waals surface area contributed by atoms with Crippen molar-refractivity contribution in [2.75, 3.05) is 0 Å². The van der Waals surface area contributed by atoms with Crippen LogP contribution in [0, 0.1) is 5.82 Å². The molecule has 1 atom stereocenters. The average Bonchev–Trinajstić information content (AvgIpc) is 2.97. The van der Waals surface area contributed by atoms with Gasteiger partial charge in [-0.25, -0.2) is 18.9 Å². The first-order valence-corrected chi connectivity index (χ1v) is 10.5. The Morgan fingerprint density at radius 3 is 2.69 bits per heavy atom. The molecule has 2 aromatic heterocycles. The van der Waals surface area contributed by atoms with Gasteiger partial charge in [-0.15, -0.1) is 0 Å². The van der Waals surface area contributed by atoms with Crippen molar-refractivity contribution in [2.24, 2.45) is 0 Å². The van der Waals surface area contributed by atoms with Crippen molar-refractivity contribution in [1.82, 2.24) is 29.6 Å². The third-order valence-electron chi connectivity index (χ3n) is 5.68. The molecule has 0 spiro atoms. The van der Waals surface area contributed by atoms with Crippen LogP contribution >= 0.6 is 0 Å². The fraction of sp³-hybridized carbons (Fsp3) is 0.261. The molecule has 1 aliphatic rings. The third kappa shape index (κ3) is 4.01. The van der Waals surface area contributed by atoms with Gasteiger partial charge in [0.1, 0.15) is 17.3 Å². The molecule has 5 rings (SSSR count). The van der Waals surface area contributed by atoms with Crippen LogP contribution in [0.15, 0.2) is 59.5 Å². The SMILES string of the molecule is O=C(NC1CCc2nn(Cc3ccc(F)cc3)c(=O)n2CC1)c1cnc2ccccc2n1. The van der Waals surface area contributed by atoms with E-state index in [0.717, 1.165) is 11.1 Å². The maximum atomic E-state index is 13.1. The molecule has 0 radical (unpaired) electrons. The molecule has 3 heterocycles. The van der Waals surface area contributed by atoms with Crippen molar-refractivity contribution in [3.05, 3.63) is 88.1 Å². The summed E-state index contributed by atoms with van der Waals surface area (Å²) in [7, 11) is 0. The van der Waals surface area contributed by atoms with Gasteiger partial charge in [0.2, 0.25) is 0 Å². The van der Waals surface area contributed by atoms with Crippen LogP contribution in [0.25, 0.3) is 11.0 Å². The number of fused-ring (bicyclic) bond motifs is 2. The molecule has 0 saturated heterocycles. The molecule has 4 aromatic rings. The van der Waals surface area contributed by atoms with Crippen LogP contribution in [-0.2, 0) is 19.5 Å². The summed E-state index contributed by atoms with van der Waals surface area (Å²) in [4.78, 5) is 34.2. The maximum Gasteiger partial charge on any atom is 0.346 e. The predicted molar refractivity (Wildman–Crippen MR) is 116 cm³/mol. The van der Waals surface area contributed by atoms with E-state index in [1.54, 1.807) is 16.7 Å². The molecule has 2 aromatic carbocycles. The lowest BCUT2D eigenvalue weighted by Gasteiger charge is -2.15. The molecule has 1 unspecified atom stereocenters. The van der Waals surface area contributed by atoms with E-state index in [-0.39, 0.29) is 29.1 Å². The molecule has 1 N–H and O–H groups in total. The summed E-state index contributed by atoms with van der Waals surface area (Å²) in [6, 6.07) is 13.3. The highest BCUT2D eigenvalue weighted by Gasteiger charge is 2.23. The van der Waals surface area contributed by atoms with Gasteiger partial charge in [-0.2, -0.15) is 5.10 Å². The molecule has 32 heavy (non-hydrogen) atoms. The number of nitrogens with zero attached hydrogens (tertiary/aromatic N) is 5. The lowest BCUT2D eigenvalue weighted by Crippen LogP contribution is -2.36. The monoisotopic (exact) mass is 432 g/mol. The molecule has 162 valence electrons. The fourth-order valence-electron chi connectivity index (χ4n) is 3.96. The first kappa shape index (κ1) is 20.0. The van der Waals surface area contributed by atoms with Crippen molar-refractivity contribution in [3.8, 4) is 0 Å². The number of halogens is 1. The summed E-state index contributed by atoms with van der Waals surface area (Å²) >= 11 is 0. The number of benzene rings is 2. The Morgan fingerprint density at radius 2 is 1.88 bits per heavy atom. The minimum Gasteiger partial charge on any atom is -0.348 e. The molecular weight excluding hydrogens is 411 g/mol. The van der Waals surface area contributed by atoms with E-state index in [2.05, 4.69) is 20.4 Å². The number of amides is 1. The number of carbonyl (C=O) groups excluding carboxylic acids is 1. The smallest absolute Gasteiger partial charge is 0.346 e. The van der Waals surface area contributed by atoms with Crippen molar-refractivity contribution < 1.29 is 9.18 Å². The fourth-order valence-corrected chi connectivity index (χ4v) is 3.96. The van der Waals surface area contributed by atoms with Gasteiger partial charge in [0.15, 0.2) is 0 Å². The van der Waals surface area contributed by atoms with Crippen LogP contribution < -0.4 is 11.0 Å². The summed E-state index contributed by atoms with van der Waals surface area (Å²) in [6.45, 7) is 0.756. The lowest BCUT2D eigenvalue weighted by atomic mass is 10.1. The van der Waals surface area contributed by atoms with E-state index in [9.17, 15) is 14.0 Å². The standard InChI is InChI=1S/C23H21FN6O2/c24-16-7-5-15(6-8-16)14-30-23(32)29-12-11-17(9-10-21(29)28-30)26-22(31)20-13-25-18-3-1-2-4-19(18)27-20/h1-8,13,17H,9-12,14H2,(H,26,31). The molecule has 0 saturated carbocycles. The summed E-state index contributed by atoms with van der Waals surface area (Å²) in [5.74, 6) is 0.102. The second kappa shape index (κ2) is 8.33. The molecule has 1 amide bonds. The Balaban J connectivity index is 1.26. The van der Waals surface area contributed by atoms with Crippen LogP contribution in [-0.4, -0.2) is 36.3 Å². The molecule has 0 bridgehead atoms. The number of aromatic nitrogens is 5. The zero-order valence-corrected chi connectivity index (χ0v) is 17.2. The zero-order chi connectivity index (χ0) is 22.1. The van der Waals surface area contributed by atoms with E-state index in [4.69, 9.17) is 0 Å². The normalized spacial score (nSPS) is 15.8. The van der Waals surface area contributed by atoms with E-state index in [0.29, 0.717) is 43.7 Å². The minimum atomic E-state index is -0.315. The van der Waals surface area contributed by atoms with Gasteiger partial charge in [-0.05, 0) is 42.7 Å². The Hall–Kier alpha value is -3.88. The predicted octanol–water partition coefficient (Wildman–Crippen LogP) is 2.31. The van der Waals surface area contributed by atoms with Gasteiger partial charge in [0.05, 0.1) is 23.8 Å². The van der Waals surface area contributed by atoms with Crippen LogP contribution in [0.1, 0.15) is 34.7 Å². The summed E-state index contributed by atoms with van der Waals surface area (Å²) in [5.41, 5.74) is 2.29. The molecule has 8 nitrogen and oxygen atoms in total. The highest BCUT2D eigenvalue weighted by molar-refractivity contribution is 5.93. The Kier molecular flexibility index (Phi) is 5.22. The third-order valence-corrected chi connectivity index (χ3v) is 5.68. The first-order chi connectivity index (χ1) is 15.6. The van der Waals surface area contributed by atoms with Gasteiger partial charge < -0.3 is 5.32 Å². The molecule has 0 aliphatic carbocycles. The van der Waals surface area contributed by atoms with Gasteiger partial charge in [0, 0.05) is 19.0 Å². The van der Waals surface area contributed by atoms with Gasteiger partial charge in [-0.1, -0.05) is 24.3 Å². The molecule has 1 aliphatic heterocycles. The largest absolute Gasteiger partial charge is 0.348 e. The van der Waals surface area contributed by atoms with Crippen molar-refractivity contribution >= 4 is 16.9 Å². The quantitative estimate of drug-likeness (QED) is 0.534. The number of rotatable bonds is 4. The number of hydrogen-bond donors (Lipinski definition) is 1. The van der Waals surface area contributed by atoms with Gasteiger partial charge >= 0.3 is 5.69 Å². The molecule has 9 heteroatoms. The summed E-state index contributed by atoms with van der Waals surface area (Å²) in [6.07, 6.45) is 3.33. The highest BCUT2D eigenvalue weighted by Crippen LogP contribution is 2.14. The number of hydrogen-bond acceptors (Lipinski definition) is 5. The van der Waals surface area contributed by atoms with E-state index < -0.39 is 0 Å². The topological polar surface area (TPSA) is 94.7 Å². The van der Waals surface area contributed by atoms with Crippen LogP contribution in [0.5, 0.6) is 0 Å². The number of carbonyl (C=O) groups is 1. The van der Waals surface area contributed by atoms with Crippen molar-refractivity contribution in [2.45, 2.75) is 38.4 Å². The second-order valence-corrected chi connectivity index (χ2v) is 7.88. The average molecular weight is 432 g/mol. The highest BCUT2D eigenvalue weighted by atomic mass is 19.1. The van der Waals surface area contributed by atoms with E-state index >= 15 is 0 Å². The Morgan fingerprint density at radius 1 is 1.09 bits per heavy atom. The summed E-state index contributed by atoms with van der Waals surface area (Å²) in [5, 5.41) is 7.49. The zero-order valence-electron chi connectivity index (χ0n) is 17.2. The van der Waals surface area contributed by atoms with E-state index in [1.807, 2.05) is 24.3 Å². The number of aryl methyl sites for hydroxylation is 1.